The fourth-order valence-electron chi connectivity index (χ4n) is 1.76. The summed E-state index contributed by atoms with van der Waals surface area (Å²) in [5.74, 6) is -0.578. The molecule has 0 aliphatic heterocycles. The van der Waals surface area contributed by atoms with Crippen molar-refractivity contribution in [1.29, 1.82) is 0 Å². The number of amides is 3. The van der Waals surface area contributed by atoms with Crippen molar-refractivity contribution in [3.05, 3.63) is 29.8 Å². The molecular weight excluding hydrogens is 329 g/mol. The Balaban J connectivity index is 1.91. The first-order chi connectivity index (χ1) is 11.2. The molecule has 1 aromatic carbocycles. The Bertz CT molecular complexity index is 743. The summed E-state index contributed by atoms with van der Waals surface area (Å²) < 4.78 is 35.8. The first-order valence-electron chi connectivity index (χ1n) is 6.73. The molecule has 1 heterocycles. The first kappa shape index (κ1) is 17.4. The van der Waals surface area contributed by atoms with Gasteiger partial charge >= 0.3 is 12.2 Å². The second-order valence-corrected chi connectivity index (χ2v) is 4.80. The Hall–Kier alpha value is -2.98. The van der Waals surface area contributed by atoms with Gasteiger partial charge in [-0.1, -0.05) is 24.3 Å². The highest BCUT2D eigenvalue weighted by molar-refractivity contribution is 5.94. The average molecular weight is 342 g/mol. The van der Waals surface area contributed by atoms with Crippen molar-refractivity contribution in [2.75, 3.05) is 6.54 Å². The summed E-state index contributed by atoms with van der Waals surface area (Å²) in [5, 5.41) is 14.7. The van der Waals surface area contributed by atoms with Crippen LogP contribution in [0.25, 0.3) is 11.4 Å². The minimum atomic E-state index is -4.56. The molecule has 2 aromatic rings. The van der Waals surface area contributed by atoms with Crippen LogP contribution in [0.4, 0.5) is 18.0 Å². The molecule has 0 unspecified atom stereocenters. The summed E-state index contributed by atoms with van der Waals surface area (Å²) in [4.78, 5) is 23.7. The van der Waals surface area contributed by atoms with Gasteiger partial charge in [-0.05, 0) is 17.7 Å². The molecule has 1 aromatic heterocycles. The Kier molecular flexibility index (Phi) is 5.11. The number of benzene rings is 1. The van der Waals surface area contributed by atoms with Gasteiger partial charge in [0.15, 0.2) is 0 Å². The number of imide groups is 1. The summed E-state index contributed by atoms with van der Waals surface area (Å²) in [7, 11) is 0. The Morgan fingerprint density at radius 1 is 1.25 bits per heavy atom. The van der Waals surface area contributed by atoms with Gasteiger partial charge < -0.3 is 5.32 Å². The molecule has 24 heavy (non-hydrogen) atoms. The molecule has 2 rings (SSSR count). The van der Waals surface area contributed by atoms with Crippen LogP contribution in [0.15, 0.2) is 24.3 Å². The summed E-state index contributed by atoms with van der Waals surface area (Å²) in [6.07, 6.45) is -4.56. The van der Waals surface area contributed by atoms with E-state index >= 15 is 0 Å². The zero-order valence-electron chi connectivity index (χ0n) is 12.5. The van der Waals surface area contributed by atoms with Crippen molar-refractivity contribution in [1.82, 2.24) is 30.8 Å². The second-order valence-electron chi connectivity index (χ2n) is 4.80. The first-order valence-corrected chi connectivity index (χ1v) is 6.73. The largest absolute Gasteiger partial charge is 0.405 e. The van der Waals surface area contributed by atoms with E-state index in [1.54, 1.807) is 17.4 Å². The number of hydrogen-bond acceptors (Lipinski definition) is 5. The highest BCUT2D eigenvalue weighted by Crippen LogP contribution is 2.17. The third-order valence-corrected chi connectivity index (χ3v) is 2.83. The predicted octanol–water partition coefficient (Wildman–Crippen LogP) is 1.04. The average Bonchev–Trinajstić information content (AvgIpc) is 2.93. The van der Waals surface area contributed by atoms with Crippen molar-refractivity contribution in [2.24, 2.45) is 0 Å². The van der Waals surface area contributed by atoms with Crippen LogP contribution in [0, 0.1) is 6.92 Å². The number of nitrogens with one attached hydrogen (secondary N) is 2. The van der Waals surface area contributed by atoms with Crippen LogP contribution >= 0.6 is 0 Å². The predicted molar refractivity (Wildman–Crippen MR) is 75.6 cm³/mol. The molecule has 8 nitrogen and oxygen atoms in total. The van der Waals surface area contributed by atoms with Crippen LogP contribution in [-0.4, -0.2) is 44.9 Å². The van der Waals surface area contributed by atoms with Crippen LogP contribution in [0.2, 0.25) is 0 Å². The van der Waals surface area contributed by atoms with Crippen LogP contribution in [0.1, 0.15) is 5.56 Å². The van der Waals surface area contributed by atoms with Gasteiger partial charge in [-0.3, -0.25) is 10.1 Å². The van der Waals surface area contributed by atoms with E-state index in [2.05, 4.69) is 15.4 Å². The maximum Gasteiger partial charge on any atom is 0.405 e. The van der Waals surface area contributed by atoms with E-state index in [1.165, 1.54) is 5.32 Å². The Morgan fingerprint density at radius 3 is 2.62 bits per heavy atom. The lowest BCUT2D eigenvalue weighted by atomic mass is 10.1. The second kappa shape index (κ2) is 7.06. The van der Waals surface area contributed by atoms with E-state index in [0.29, 0.717) is 5.82 Å². The van der Waals surface area contributed by atoms with E-state index in [-0.39, 0.29) is 0 Å². The number of tetrazole rings is 1. The molecule has 0 saturated heterocycles. The number of alkyl halides is 3. The summed E-state index contributed by atoms with van der Waals surface area (Å²) in [6.45, 7) is -0.142. The molecule has 128 valence electrons. The van der Waals surface area contributed by atoms with E-state index in [4.69, 9.17) is 0 Å². The van der Waals surface area contributed by atoms with Crippen molar-refractivity contribution >= 4 is 11.9 Å². The van der Waals surface area contributed by atoms with Gasteiger partial charge in [0.2, 0.25) is 5.82 Å². The summed E-state index contributed by atoms with van der Waals surface area (Å²) in [6, 6.07) is 6.02. The van der Waals surface area contributed by atoms with Crippen LogP contribution < -0.4 is 10.6 Å². The SMILES string of the molecule is Cc1ccccc1-c1nnn(CC(=O)NC(=O)NCC(F)(F)F)n1. The van der Waals surface area contributed by atoms with Gasteiger partial charge in [0.25, 0.3) is 5.91 Å². The molecular formula is C13H13F3N6O2. The van der Waals surface area contributed by atoms with Gasteiger partial charge in [-0.2, -0.15) is 18.0 Å². The highest BCUT2D eigenvalue weighted by Gasteiger charge is 2.28. The Labute approximate surface area is 134 Å². The molecule has 11 heteroatoms. The molecule has 0 saturated carbocycles. The number of aryl methyl sites for hydroxylation is 1. The third kappa shape index (κ3) is 5.04. The summed E-state index contributed by atoms with van der Waals surface area (Å²) >= 11 is 0. The van der Waals surface area contributed by atoms with Gasteiger partial charge in [0.05, 0.1) is 0 Å². The minimum Gasteiger partial charge on any atom is -0.329 e. The summed E-state index contributed by atoms with van der Waals surface area (Å²) in [5.41, 5.74) is 1.64. The monoisotopic (exact) mass is 342 g/mol. The van der Waals surface area contributed by atoms with E-state index in [1.807, 2.05) is 19.1 Å². The zero-order valence-corrected chi connectivity index (χ0v) is 12.5. The van der Waals surface area contributed by atoms with Gasteiger partial charge in [-0.25, -0.2) is 4.79 Å². The van der Waals surface area contributed by atoms with E-state index in [9.17, 15) is 22.8 Å². The fraction of sp³-hybridized carbons (Fsp3) is 0.308. The van der Waals surface area contributed by atoms with E-state index in [0.717, 1.165) is 15.9 Å². The smallest absolute Gasteiger partial charge is 0.329 e. The zero-order chi connectivity index (χ0) is 17.7. The maximum atomic E-state index is 11.9. The number of rotatable bonds is 4. The lowest BCUT2D eigenvalue weighted by Gasteiger charge is -2.08. The lowest BCUT2D eigenvalue weighted by Crippen LogP contribution is -2.44. The standard InChI is InChI=1S/C13H13F3N6O2/c1-8-4-2-3-5-9(8)11-19-21-22(20-11)6-10(23)18-12(24)17-7-13(14,15)16/h2-5H,6-7H2,1H3,(H2,17,18,23,24). The molecule has 2 N–H and O–H groups in total. The fourth-order valence-corrected chi connectivity index (χ4v) is 1.76. The molecule has 0 bridgehead atoms. The van der Waals surface area contributed by atoms with Crippen LogP contribution in [0.5, 0.6) is 0 Å². The maximum absolute atomic E-state index is 11.9. The van der Waals surface area contributed by atoms with Crippen LogP contribution in [0.3, 0.4) is 0 Å². The normalized spacial score (nSPS) is 11.2. The van der Waals surface area contributed by atoms with Gasteiger partial charge in [0, 0.05) is 5.56 Å². The molecule has 0 atom stereocenters. The van der Waals surface area contributed by atoms with Crippen molar-refractivity contribution < 1.29 is 22.8 Å². The number of urea groups is 1. The van der Waals surface area contributed by atoms with Crippen molar-refractivity contribution in [2.45, 2.75) is 19.6 Å². The van der Waals surface area contributed by atoms with Crippen LogP contribution in [-0.2, 0) is 11.3 Å². The minimum absolute atomic E-state index is 0.294. The van der Waals surface area contributed by atoms with Gasteiger partial charge in [-0.15, -0.1) is 10.2 Å². The van der Waals surface area contributed by atoms with E-state index < -0.39 is 31.2 Å². The number of aromatic nitrogens is 4. The topological polar surface area (TPSA) is 102 Å². The number of nitrogens with zero attached hydrogens (tertiary/aromatic N) is 4. The number of carbonyl (C=O) groups excluding carboxylic acids is 2. The number of carbonyl (C=O) groups is 2. The van der Waals surface area contributed by atoms with Gasteiger partial charge in [0.1, 0.15) is 13.1 Å². The van der Waals surface area contributed by atoms with Crippen molar-refractivity contribution in [3.63, 3.8) is 0 Å². The van der Waals surface area contributed by atoms with Crippen molar-refractivity contribution in [3.8, 4) is 11.4 Å². The molecule has 0 spiro atoms. The number of halogens is 3. The third-order valence-electron chi connectivity index (χ3n) is 2.83. The lowest BCUT2D eigenvalue weighted by molar-refractivity contribution is -0.125. The Morgan fingerprint density at radius 2 is 1.96 bits per heavy atom. The quantitative estimate of drug-likeness (QED) is 0.864. The molecule has 0 fully saturated rings. The highest BCUT2D eigenvalue weighted by atomic mass is 19.4. The molecule has 0 aliphatic carbocycles. The molecule has 0 aliphatic rings. The molecule has 3 amide bonds. The number of hydrogen-bond donors (Lipinski definition) is 2. The molecule has 0 radical (unpaired) electrons.